The monoisotopic (exact) mass is 441 g/mol. The lowest BCUT2D eigenvalue weighted by molar-refractivity contribution is -0.127. The molecule has 0 radical (unpaired) electrons. The third-order valence-corrected chi connectivity index (χ3v) is 6.73. The van der Waals surface area contributed by atoms with Crippen LogP contribution in [0.5, 0.6) is 0 Å². The van der Waals surface area contributed by atoms with Crippen LogP contribution in [0.25, 0.3) is 0 Å². The second kappa shape index (κ2) is 12.8. The molecule has 2 aliphatic rings. The van der Waals surface area contributed by atoms with E-state index in [0.717, 1.165) is 56.8 Å². The molecule has 3 atom stereocenters. The third-order valence-electron chi connectivity index (χ3n) is 6.73. The van der Waals surface area contributed by atoms with E-state index in [1.165, 1.54) is 38.0 Å². The maximum absolute atomic E-state index is 12.4. The molecule has 0 aromatic heterocycles. The molecular formula is C26H43N5O. The minimum atomic E-state index is 0.275. The van der Waals surface area contributed by atoms with Gasteiger partial charge in [0.05, 0.1) is 0 Å². The topological polar surface area (TPSA) is 60.0 Å². The zero-order valence-electron chi connectivity index (χ0n) is 20.4. The first-order valence-corrected chi connectivity index (χ1v) is 12.5. The van der Waals surface area contributed by atoms with E-state index in [4.69, 9.17) is 0 Å². The summed E-state index contributed by atoms with van der Waals surface area (Å²) in [7, 11) is 1.82. The Morgan fingerprint density at radius 2 is 1.78 bits per heavy atom. The molecule has 2 heterocycles. The normalized spacial score (nSPS) is 24.7. The summed E-state index contributed by atoms with van der Waals surface area (Å²) < 4.78 is 0. The Bertz CT molecular complexity index is 712. The third kappa shape index (κ3) is 8.12. The van der Waals surface area contributed by atoms with Crippen LogP contribution in [0.2, 0.25) is 0 Å². The van der Waals surface area contributed by atoms with Gasteiger partial charge in [0.15, 0.2) is 5.96 Å². The Morgan fingerprint density at radius 3 is 2.50 bits per heavy atom. The number of amides is 1. The van der Waals surface area contributed by atoms with Gasteiger partial charge in [-0.25, -0.2) is 0 Å². The predicted octanol–water partition coefficient (Wildman–Crippen LogP) is 3.00. The van der Waals surface area contributed by atoms with Gasteiger partial charge in [0.2, 0.25) is 5.91 Å². The van der Waals surface area contributed by atoms with Crippen LogP contribution < -0.4 is 10.6 Å². The summed E-state index contributed by atoms with van der Waals surface area (Å²) in [6, 6.07) is 10.4. The van der Waals surface area contributed by atoms with Gasteiger partial charge in [-0.05, 0) is 49.6 Å². The highest BCUT2D eigenvalue weighted by atomic mass is 16.2. The van der Waals surface area contributed by atoms with Crippen molar-refractivity contribution in [3.63, 3.8) is 0 Å². The van der Waals surface area contributed by atoms with Crippen LogP contribution in [0.4, 0.5) is 0 Å². The first-order valence-electron chi connectivity index (χ1n) is 12.5. The molecule has 0 aliphatic carbocycles. The largest absolute Gasteiger partial charge is 0.356 e. The molecular weight excluding hydrogens is 398 g/mol. The van der Waals surface area contributed by atoms with E-state index in [0.29, 0.717) is 12.3 Å². The van der Waals surface area contributed by atoms with Crippen LogP contribution in [0, 0.1) is 17.8 Å². The highest BCUT2D eigenvalue weighted by molar-refractivity contribution is 5.80. The van der Waals surface area contributed by atoms with Crippen molar-refractivity contribution in [3.8, 4) is 0 Å². The number of carbonyl (C=O) groups excluding carboxylic acids is 1. The van der Waals surface area contributed by atoms with Gasteiger partial charge < -0.3 is 20.4 Å². The second-order valence-corrected chi connectivity index (χ2v) is 9.94. The number of benzene rings is 1. The fraction of sp³-hybridized carbons (Fsp3) is 0.692. The lowest BCUT2D eigenvalue weighted by atomic mass is 9.92. The molecule has 0 bridgehead atoms. The Kier molecular flexibility index (Phi) is 9.85. The number of nitrogens with one attached hydrogen (secondary N) is 2. The van der Waals surface area contributed by atoms with Gasteiger partial charge in [0.1, 0.15) is 0 Å². The van der Waals surface area contributed by atoms with Crippen molar-refractivity contribution >= 4 is 11.9 Å². The molecule has 32 heavy (non-hydrogen) atoms. The highest BCUT2D eigenvalue weighted by Gasteiger charge is 2.29. The fourth-order valence-electron chi connectivity index (χ4n) is 5.22. The molecule has 2 aliphatic heterocycles. The zero-order chi connectivity index (χ0) is 22.8. The van der Waals surface area contributed by atoms with Crippen molar-refractivity contribution in [1.82, 2.24) is 20.4 Å². The van der Waals surface area contributed by atoms with E-state index in [-0.39, 0.29) is 5.91 Å². The number of rotatable bonds is 10. The van der Waals surface area contributed by atoms with Gasteiger partial charge in [-0.15, -0.1) is 0 Å². The first-order chi connectivity index (χ1) is 15.5. The highest BCUT2D eigenvalue weighted by Crippen LogP contribution is 2.21. The van der Waals surface area contributed by atoms with Crippen LogP contribution in [-0.4, -0.2) is 74.5 Å². The van der Waals surface area contributed by atoms with Crippen molar-refractivity contribution in [2.45, 2.75) is 46.0 Å². The molecule has 0 saturated carbocycles. The van der Waals surface area contributed by atoms with E-state index < -0.39 is 0 Å². The molecule has 2 N–H and O–H groups in total. The van der Waals surface area contributed by atoms with E-state index in [2.05, 4.69) is 58.6 Å². The summed E-state index contributed by atoms with van der Waals surface area (Å²) in [5.41, 5.74) is 1.29. The van der Waals surface area contributed by atoms with Crippen molar-refractivity contribution in [1.29, 1.82) is 0 Å². The summed E-state index contributed by atoms with van der Waals surface area (Å²) in [6.45, 7) is 11.8. The maximum atomic E-state index is 12.4. The van der Waals surface area contributed by atoms with Crippen LogP contribution >= 0.6 is 0 Å². The number of piperidine rings is 1. The first kappa shape index (κ1) is 24.6. The van der Waals surface area contributed by atoms with E-state index in [9.17, 15) is 4.79 Å². The number of aliphatic imine (C=N–C) groups is 1. The Balaban J connectivity index is 1.27. The van der Waals surface area contributed by atoms with Crippen molar-refractivity contribution in [2.75, 3.05) is 52.9 Å². The molecule has 6 heteroatoms. The summed E-state index contributed by atoms with van der Waals surface area (Å²) in [5, 5.41) is 6.87. The van der Waals surface area contributed by atoms with Crippen LogP contribution in [0.1, 0.15) is 45.1 Å². The molecule has 1 aromatic rings. The van der Waals surface area contributed by atoms with Gasteiger partial charge in [-0.3, -0.25) is 9.79 Å². The Hall–Kier alpha value is -2.08. The van der Waals surface area contributed by atoms with E-state index >= 15 is 0 Å². The molecule has 6 nitrogen and oxygen atoms in total. The average Bonchev–Trinajstić information content (AvgIpc) is 3.13. The second-order valence-electron chi connectivity index (χ2n) is 9.94. The quantitative estimate of drug-likeness (QED) is 0.333. The molecule has 1 amide bonds. The minimum Gasteiger partial charge on any atom is -0.356 e. The lowest BCUT2D eigenvalue weighted by Crippen LogP contribution is -2.41. The molecule has 2 fully saturated rings. The van der Waals surface area contributed by atoms with Crippen LogP contribution in [-0.2, 0) is 11.2 Å². The average molecular weight is 442 g/mol. The number of hydrogen-bond donors (Lipinski definition) is 2. The molecule has 3 unspecified atom stereocenters. The fourth-order valence-corrected chi connectivity index (χ4v) is 5.22. The predicted molar refractivity (Wildman–Crippen MR) is 133 cm³/mol. The SMILES string of the molecule is CN=C(NCCCCN1CC(C)CC(C)C1)NCC1CC(=O)N(CCc2ccccc2)C1. The number of likely N-dealkylation sites (tertiary alicyclic amines) is 2. The summed E-state index contributed by atoms with van der Waals surface area (Å²) in [5.74, 6) is 3.13. The lowest BCUT2D eigenvalue weighted by Gasteiger charge is -2.34. The molecule has 1 aromatic carbocycles. The van der Waals surface area contributed by atoms with Gasteiger partial charge in [0.25, 0.3) is 0 Å². The maximum Gasteiger partial charge on any atom is 0.223 e. The van der Waals surface area contributed by atoms with E-state index in [1.54, 1.807) is 0 Å². The number of guanidine groups is 1. The number of carbonyl (C=O) groups is 1. The Labute approximate surface area is 194 Å². The summed E-state index contributed by atoms with van der Waals surface area (Å²) >= 11 is 0. The standard InChI is InChI=1S/C26H43N5O/c1-21-15-22(2)19-30(18-21)13-8-7-12-28-26(27-3)29-17-24-16-25(32)31(20-24)14-11-23-9-5-4-6-10-23/h4-6,9-10,21-22,24H,7-8,11-20H2,1-3H3,(H2,27,28,29). The van der Waals surface area contributed by atoms with Crippen LogP contribution in [0.3, 0.4) is 0 Å². The number of unbranched alkanes of at least 4 members (excludes halogenated alkanes) is 1. The Morgan fingerprint density at radius 1 is 1.03 bits per heavy atom. The van der Waals surface area contributed by atoms with Crippen molar-refractivity contribution in [3.05, 3.63) is 35.9 Å². The number of nitrogens with zero attached hydrogens (tertiary/aromatic N) is 3. The van der Waals surface area contributed by atoms with Crippen molar-refractivity contribution < 1.29 is 4.79 Å². The van der Waals surface area contributed by atoms with Crippen LogP contribution in [0.15, 0.2) is 35.3 Å². The van der Waals surface area contributed by atoms with Gasteiger partial charge in [-0.1, -0.05) is 44.2 Å². The van der Waals surface area contributed by atoms with Gasteiger partial charge in [0, 0.05) is 58.7 Å². The minimum absolute atomic E-state index is 0.275. The zero-order valence-corrected chi connectivity index (χ0v) is 20.4. The molecule has 178 valence electrons. The van der Waals surface area contributed by atoms with Crippen molar-refractivity contribution in [2.24, 2.45) is 22.7 Å². The summed E-state index contributed by atoms with van der Waals surface area (Å²) in [4.78, 5) is 21.4. The van der Waals surface area contributed by atoms with Gasteiger partial charge >= 0.3 is 0 Å². The number of hydrogen-bond acceptors (Lipinski definition) is 3. The molecule has 2 saturated heterocycles. The molecule has 3 rings (SSSR count). The van der Waals surface area contributed by atoms with Gasteiger partial charge in [-0.2, -0.15) is 0 Å². The molecule has 0 spiro atoms. The van der Waals surface area contributed by atoms with E-state index in [1.807, 2.05) is 18.0 Å². The smallest absolute Gasteiger partial charge is 0.223 e. The summed E-state index contributed by atoms with van der Waals surface area (Å²) in [6.07, 6.45) is 5.29.